The van der Waals surface area contributed by atoms with E-state index in [1.807, 2.05) is 42.5 Å². The van der Waals surface area contributed by atoms with Gasteiger partial charge in [0.1, 0.15) is 6.61 Å². The van der Waals surface area contributed by atoms with E-state index in [-0.39, 0.29) is 12.5 Å². The third kappa shape index (κ3) is 2.89. The molecule has 0 aliphatic carbocycles. The highest BCUT2D eigenvalue weighted by molar-refractivity contribution is 5.97. The summed E-state index contributed by atoms with van der Waals surface area (Å²) in [7, 11) is 0. The number of para-hydroxylation sites is 4. The van der Waals surface area contributed by atoms with Gasteiger partial charge in [0.15, 0.2) is 11.5 Å². The van der Waals surface area contributed by atoms with E-state index in [2.05, 4.69) is 16.3 Å². The topological polar surface area (TPSA) is 50.8 Å². The lowest BCUT2D eigenvalue weighted by atomic mass is 10.2. The molecule has 24 heavy (non-hydrogen) atoms. The highest BCUT2D eigenvalue weighted by Crippen LogP contribution is 2.32. The molecule has 0 aromatic heterocycles. The molecule has 5 heteroatoms. The van der Waals surface area contributed by atoms with E-state index in [0.717, 1.165) is 24.5 Å². The molecule has 1 saturated heterocycles. The molecule has 0 unspecified atom stereocenters. The van der Waals surface area contributed by atoms with E-state index in [1.54, 1.807) is 0 Å². The Kier molecular flexibility index (Phi) is 3.99. The Labute approximate surface area is 141 Å². The molecule has 2 aliphatic heterocycles. The molecule has 1 N–H and O–H groups in total. The molecule has 1 fully saturated rings. The number of rotatable bonds is 3. The first kappa shape index (κ1) is 14.9. The summed E-state index contributed by atoms with van der Waals surface area (Å²) >= 11 is 0. The summed E-state index contributed by atoms with van der Waals surface area (Å²) in [6.45, 7) is 2.28. The second-order valence-electron chi connectivity index (χ2n) is 6.06. The molecule has 0 saturated carbocycles. The van der Waals surface area contributed by atoms with Gasteiger partial charge in [0, 0.05) is 13.1 Å². The zero-order valence-electron chi connectivity index (χ0n) is 13.4. The molecular weight excluding hydrogens is 304 g/mol. The molecule has 5 nitrogen and oxygen atoms in total. The van der Waals surface area contributed by atoms with E-state index in [9.17, 15) is 4.79 Å². The van der Waals surface area contributed by atoms with Crippen LogP contribution >= 0.6 is 0 Å². The first-order valence-corrected chi connectivity index (χ1v) is 8.34. The Morgan fingerprint density at radius 2 is 1.71 bits per heavy atom. The molecule has 2 aromatic rings. The Morgan fingerprint density at radius 3 is 2.54 bits per heavy atom. The summed E-state index contributed by atoms with van der Waals surface area (Å²) in [6, 6.07) is 15.3. The van der Waals surface area contributed by atoms with Crippen LogP contribution in [-0.4, -0.2) is 31.7 Å². The number of nitrogens with zero attached hydrogens (tertiary/aromatic N) is 1. The third-order valence-corrected chi connectivity index (χ3v) is 4.41. The minimum absolute atomic E-state index is 0.184. The summed E-state index contributed by atoms with van der Waals surface area (Å²) in [4.78, 5) is 14.9. The van der Waals surface area contributed by atoms with E-state index >= 15 is 0 Å². The van der Waals surface area contributed by atoms with E-state index in [0.29, 0.717) is 11.5 Å². The molecular formula is C19H20N2O3. The van der Waals surface area contributed by atoms with Crippen molar-refractivity contribution in [2.24, 2.45) is 0 Å². The smallest absolute Gasteiger partial charge is 0.269 e. The second kappa shape index (κ2) is 6.43. The van der Waals surface area contributed by atoms with Gasteiger partial charge in [-0.25, -0.2) is 0 Å². The zero-order chi connectivity index (χ0) is 16.4. The monoisotopic (exact) mass is 324 g/mol. The van der Waals surface area contributed by atoms with Gasteiger partial charge < -0.3 is 19.7 Å². The van der Waals surface area contributed by atoms with Gasteiger partial charge >= 0.3 is 0 Å². The van der Waals surface area contributed by atoms with Gasteiger partial charge in [-0.1, -0.05) is 24.3 Å². The Balaban J connectivity index is 1.49. The van der Waals surface area contributed by atoms with Crippen LogP contribution in [0.3, 0.4) is 0 Å². The molecule has 0 bridgehead atoms. The number of amides is 1. The Morgan fingerprint density at radius 1 is 1.00 bits per heavy atom. The number of ether oxygens (including phenoxy) is 2. The number of anilines is 2. The number of benzene rings is 2. The zero-order valence-corrected chi connectivity index (χ0v) is 13.4. The average Bonchev–Trinajstić information content (AvgIpc) is 3.16. The fourth-order valence-corrected chi connectivity index (χ4v) is 3.18. The molecule has 0 spiro atoms. The van der Waals surface area contributed by atoms with Gasteiger partial charge in [-0.2, -0.15) is 0 Å². The van der Waals surface area contributed by atoms with Gasteiger partial charge in [-0.15, -0.1) is 0 Å². The van der Waals surface area contributed by atoms with Crippen molar-refractivity contribution in [3.63, 3.8) is 0 Å². The van der Waals surface area contributed by atoms with Crippen LogP contribution in [0.5, 0.6) is 11.5 Å². The first-order valence-electron chi connectivity index (χ1n) is 8.34. The lowest BCUT2D eigenvalue weighted by Gasteiger charge is -2.27. The SMILES string of the molecule is O=C(Nc1ccccc1N1CCCC1)[C@H]1COc2ccccc2O1. The van der Waals surface area contributed by atoms with Gasteiger partial charge in [-0.3, -0.25) is 4.79 Å². The van der Waals surface area contributed by atoms with Crippen molar-refractivity contribution in [2.75, 3.05) is 29.9 Å². The maximum atomic E-state index is 12.6. The molecule has 2 heterocycles. The Bertz CT molecular complexity index is 741. The fourth-order valence-electron chi connectivity index (χ4n) is 3.18. The van der Waals surface area contributed by atoms with Crippen LogP contribution in [0.25, 0.3) is 0 Å². The average molecular weight is 324 g/mol. The normalized spacial score (nSPS) is 19.2. The van der Waals surface area contributed by atoms with Gasteiger partial charge in [0.25, 0.3) is 5.91 Å². The van der Waals surface area contributed by atoms with E-state index in [4.69, 9.17) is 9.47 Å². The van der Waals surface area contributed by atoms with Crippen LogP contribution in [0.4, 0.5) is 11.4 Å². The number of carbonyl (C=O) groups is 1. The number of nitrogens with one attached hydrogen (secondary N) is 1. The standard InChI is InChI=1S/C19H20N2O3/c22-19(18-13-23-16-9-3-4-10-17(16)24-18)20-14-7-1-2-8-15(14)21-11-5-6-12-21/h1-4,7-10,18H,5-6,11-13H2,(H,20,22)/t18-/m1/s1. The van der Waals surface area contributed by atoms with Crippen molar-refractivity contribution in [2.45, 2.75) is 18.9 Å². The van der Waals surface area contributed by atoms with Crippen molar-refractivity contribution >= 4 is 17.3 Å². The minimum atomic E-state index is -0.647. The number of carbonyl (C=O) groups excluding carboxylic acids is 1. The van der Waals surface area contributed by atoms with Gasteiger partial charge in [0.05, 0.1) is 11.4 Å². The predicted molar refractivity (Wildman–Crippen MR) is 92.9 cm³/mol. The van der Waals surface area contributed by atoms with Crippen molar-refractivity contribution in [3.8, 4) is 11.5 Å². The van der Waals surface area contributed by atoms with Crippen molar-refractivity contribution in [1.82, 2.24) is 0 Å². The summed E-state index contributed by atoms with van der Waals surface area (Å²) < 4.78 is 11.4. The van der Waals surface area contributed by atoms with Gasteiger partial charge in [0.2, 0.25) is 6.10 Å². The third-order valence-electron chi connectivity index (χ3n) is 4.41. The van der Waals surface area contributed by atoms with E-state index < -0.39 is 6.10 Å². The highest BCUT2D eigenvalue weighted by atomic mass is 16.6. The highest BCUT2D eigenvalue weighted by Gasteiger charge is 2.28. The summed E-state index contributed by atoms with van der Waals surface area (Å²) in [6.07, 6.45) is 1.74. The van der Waals surface area contributed by atoms with Crippen LogP contribution in [0.1, 0.15) is 12.8 Å². The van der Waals surface area contributed by atoms with Crippen molar-refractivity contribution in [3.05, 3.63) is 48.5 Å². The minimum Gasteiger partial charge on any atom is -0.485 e. The first-order chi connectivity index (χ1) is 11.8. The molecule has 2 aromatic carbocycles. The lowest BCUT2D eigenvalue weighted by Crippen LogP contribution is -2.40. The molecule has 124 valence electrons. The Hall–Kier alpha value is -2.69. The molecule has 1 amide bonds. The summed E-state index contributed by atoms with van der Waals surface area (Å²) in [5.41, 5.74) is 1.90. The van der Waals surface area contributed by atoms with Crippen LogP contribution in [0.2, 0.25) is 0 Å². The van der Waals surface area contributed by atoms with Crippen LogP contribution < -0.4 is 19.7 Å². The number of hydrogen-bond acceptors (Lipinski definition) is 4. The second-order valence-corrected chi connectivity index (χ2v) is 6.06. The van der Waals surface area contributed by atoms with Crippen LogP contribution in [-0.2, 0) is 4.79 Å². The fraction of sp³-hybridized carbons (Fsp3) is 0.316. The lowest BCUT2D eigenvalue weighted by molar-refractivity contribution is -0.125. The molecule has 2 aliphatic rings. The van der Waals surface area contributed by atoms with Crippen LogP contribution in [0, 0.1) is 0 Å². The van der Waals surface area contributed by atoms with E-state index in [1.165, 1.54) is 12.8 Å². The molecule has 4 rings (SSSR count). The predicted octanol–water partition coefficient (Wildman–Crippen LogP) is 3.07. The number of hydrogen-bond donors (Lipinski definition) is 1. The molecule has 1 atom stereocenters. The van der Waals surface area contributed by atoms with Gasteiger partial charge in [-0.05, 0) is 37.1 Å². The van der Waals surface area contributed by atoms with Crippen molar-refractivity contribution < 1.29 is 14.3 Å². The quantitative estimate of drug-likeness (QED) is 0.943. The van der Waals surface area contributed by atoms with Crippen molar-refractivity contribution in [1.29, 1.82) is 0 Å². The largest absolute Gasteiger partial charge is 0.485 e. The molecule has 0 radical (unpaired) electrons. The summed E-state index contributed by atoms with van der Waals surface area (Å²) in [5, 5.41) is 3.00. The maximum absolute atomic E-state index is 12.6. The number of fused-ring (bicyclic) bond motifs is 1. The summed E-state index contributed by atoms with van der Waals surface area (Å²) in [5.74, 6) is 1.10. The van der Waals surface area contributed by atoms with Crippen LogP contribution in [0.15, 0.2) is 48.5 Å². The maximum Gasteiger partial charge on any atom is 0.269 e.